The van der Waals surface area contributed by atoms with Gasteiger partial charge in [-0.15, -0.1) is 0 Å². The molecule has 1 saturated heterocycles. The van der Waals surface area contributed by atoms with Gasteiger partial charge in [-0.05, 0) is 37.8 Å². The Bertz CT molecular complexity index is 167. The van der Waals surface area contributed by atoms with Crippen molar-refractivity contribution in [3.8, 4) is 0 Å². The normalized spacial score (nSPS) is 21.9. The van der Waals surface area contributed by atoms with Crippen LogP contribution in [0.5, 0.6) is 0 Å². The van der Waals surface area contributed by atoms with Gasteiger partial charge in [0.15, 0.2) is 0 Å². The number of hydrogen-bond donors (Lipinski definition) is 1. The molecule has 3 heteroatoms. The molecule has 0 saturated carbocycles. The van der Waals surface area contributed by atoms with Crippen LogP contribution in [0.4, 0.5) is 0 Å². The van der Waals surface area contributed by atoms with Gasteiger partial charge in [-0.1, -0.05) is 13.8 Å². The van der Waals surface area contributed by atoms with E-state index in [4.69, 9.17) is 4.74 Å². The lowest BCUT2D eigenvalue weighted by Gasteiger charge is -2.31. The molecule has 1 unspecified atom stereocenters. The van der Waals surface area contributed by atoms with E-state index in [1.807, 2.05) is 0 Å². The molecule has 0 amide bonds. The summed E-state index contributed by atoms with van der Waals surface area (Å²) < 4.78 is 5.19. The number of nitrogens with zero attached hydrogens (tertiary/aromatic N) is 1. The third-order valence-electron chi connectivity index (χ3n) is 3.15. The Morgan fingerprint density at radius 2 is 2.25 bits per heavy atom. The molecular weight excluding hydrogens is 200 g/mol. The van der Waals surface area contributed by atoms with E-state index in [9.17, 15) is 0 Å². The van der Waals surface area contributed by atoms with Gasteiger partial charge in [0, 0.05) is 26.7 Å². The van der Waals surface area contributed by atoms with E-state index in [0.717, 1.165) is 25.0 Å². The van der Waals surface area contributed by atoms with Crippen LogP contribution < -0.4 is 5.32 Å². The summed E-state index contributed by atoms with van der Waals surface area (Å²) in [4.78, 5) is 2.56. The Morgan fingerprint density at radius 1 is 1.44 bits per heavy atom. The van der Waals surface area contributed by atoms with Gasteiger partial charge in [-0.2, -0.15) is 0 Å². The van der Waals surface area contributed by atoms with Gasteiger partial charge < -0.3 is 15.0 Å². The zero-order valence-corrected chi connectivity index (χ0v) is 11.2. The molecule has 0 radical (unpaired) electrons. The van der Waals surface area contributed by atoms with Crippen molar-refractivity contribution in [2.75, 3.05) is 46.4 Å². The fourth-order valence-electron chi connectivity index (χ4n) is 2.44. The SMILES string of the molecule is COCCN(CC(C)C)CC1CCCNC1. The molecule has 0 spiro atoms. The standard InChI is InChI=1S/C13H28N2O/c1-12(2)10-15(7-8-16-3)11-13-5-4-6-14-9-13/h12-14H,4-11H2,1-3H3. The molecule has 1 heterocycles. The van der Waals surface area contributed by atoms with Crippen LogP contribution in [0.15, 0.2) is 0 Å². The largest absolute Gasteiger partial charge is 0.383 e. The van der Waals surface area contributed by atoms with Crippen LogP contribution in [0.1, 0.15) is 26.7 Å². The molecule has 0 aromatic heterocycles. The summed E-state index contributed by atoms with van der Waals surface area (Å²) in [6, 6.07) is 0. The predicted octanol–water partition coefficient (Wildman–Crippen LogP) is 1.59. The molecule has 1 rings (SSSR count). The number of rotatable bonds is 7. The molecule has 0 bridgehead atoms. The minimum absolute atomic E-state index is 0.744. The average molecular weight is 228 g/mol. The number of piperidine rings is 1. The van der Waals surface area contributed by atoms with Crippen LogP contribution >= 0.6 is 0 Å². The fourth-order valence-corrected chi connectivity index (χ4v) is 2.44. The summed E-state index contributed by atoms with van der Waals surface area (Å²) in [5.41, 5.74) is 0. The molecule has 1 N–H and O–H groups in total. The highest BCUT2D eigenvalue weighted by Crippen LogP contribution is 2.12. The summed E-state index contributed by atoms with van der Waals surface area (Å²) >= 11 is 0. The Labute approximate surface area is 101 Å². The summed E-state index contributed by atoms with van der Waals surface area (Å²) in [6.07, 6.45) is 2.72. The van der Waals surface area contributed by atoms with Crippen molar-refractivity contribution in [1.29, 1.82) is 0 Å². The molecule has 0 aromatic carbocycles. The van der Waals surface area contributed by atoms with Gasteiger partial charge in [0.25, 0.3) is 0 Å². The van der Waals surface area contributed by atoms with Gasteiger partial charge in [-0.3, -0.25) is 0 Å². The Kier molecular flexibility index (Phi) is 7.01. The number of hydrogen-bond acceptors (Lipinski definition) is 3. The lowest BCUT2D eigenvalue weighted by molar-refractivity contribution is 0.123. The van der Waals surface area contributed by atoms with Gasteiger partial charge in [0.1, 0.15) is 0 Å². The summed E-state index contributed by atoms with van der Waals surface area (Å²) in [7, 11) is 1.79. The number of ether oxygens (including phenoxy) is 1. The molecule has 1 atom stereocenters. The highest BCUT2D eigenvalue weighted by molar-refractivity contribution is 4.73. The van der Waals surface area contributed by atoms with Gasteiger partial charge in [-0.25, -0.2) is 0 Å². The maximum absolute atomic E-state index is 5.19. The van der Waals surface area contributed by atoms with E-state index in [0.29, 0.717) is 0 Å². The lowest BCUT2D eigenvalue weighted by Crippen LogP contribution is -2.40. The summed E-state index contributed by atoms with van der Waals surface area (Å²) in [5, 5.41) is 3.49. The van der Waals surface area contributed by atoms with Crippen LogP contribution in [0.25, 0.3) is 0 Å². The molecule has 1 aliphatic heterocycles. The van der Waals surface area contributed by atoms with Crippen LogP contribution in [-0.2, 0) is 4.74 Å². The number of nitrogens with one attached hydrogen (secondary N) is 1. The zero-order chi connectivity index (χ0) is 11.8. The second-order valence-corrected chi connectivity index (χ2v) is 5.36. The summed E-state index contributed by atoms with van der Waals surface area (Å²) in [5.74, 6) is 1.58. The Balaban J connectivity index is 2.28. The van der Waals surface area contributed by atoms with E-state index in [-0.39, 0.29) is 0 Å². The predicted molar refractivity (Wildman–Crippen MR) is 68.7 cm³/mol. The zero-order valence-electron chi connectivity index (χ0n) is 11.2. The maximum Gasteiger partial charge on any atom is 0.0589 e. The maximum atomic E-state index is 5.19. The van der Waals surface area contributed by atoms with Crippen molar-refractivity contribution in [1.82, 2.24) is 10.2 Å². The molecule has 1 fully saturated rings. The van der Waals surface area contributed by atoms with Crippen LogP contribution in [-0.4, -0.2) is 51.3 Å². The van der Waals surface area contributed by atoms with Crippen molar-refractivity contribution < 1.29 is 4.74 Å². The third-order valence-corrected chi connectivity index (χ3v) is 3.15. The monoisotopic (exact) mass is 228 g/mol. The summed E-state index contributed by atoms with van der Waals surface area (Å²) in [6.45, 7) is 11.3. The first-order chi connectivity index (χ1) is 7.72. The first-order valence-electron chi connectivity index (χ1n) is 6.64. The molecule has 1 aliphatic rings. The van der Waals surface area contributed by atoms with Crippen LogP contribution in [0.3, 0.4) is 0 Å². The van der Waals surface area contributed by atoms with Gasteiger partial charge in [0.05, 0.1) is 6.61 Å². The number of methoxy groups -OCH3 is 1. The minimum Gasteiger partial charge on any atom is -0.383 e. The second-order valence-electron chi connectivity index (χ2n) is 5.36. The van der Waals surface area contributed by atoms with Crippen LogP contribution in [0.2, 0.25) is 0 Å². The first kappa shape index (κ1) is 13.9. The van der Waals surface area contributed by atoms with E-state index in [1.54, 1.807) is 7.11 Å². The van der Waals surface area contributed by atoms with Gasteiger partial charge in [0.2, 0.25) is 0 Å². The minimum atomic E-state index is 0.744. The van der Waals surface area contributed by atoms with Crippen molar-refractivity contribution in [3.63, 3.8) is 0 Å². The molecular formula is C13H28N2O. The molecule has 3 nitrogen and oxygen atoms in total. The molecule has 0 aliphatic carbocycles. The lowest BCUT2D eigenvalue weighted by atomic mass is 9.98. The quantitative estimate of drug-likeness (QED) is 0.716. The second kappa shape index (κ2) is 8.04. The van der Waals surface area contributed by atoms with E-state index in [2.05, 4.69) is 24.1 Å². The van der Waals surface area contributed by atoms with Gasteiger partial charge >= 0.3 is 0 Å². The smallest absolute Gasteiger partial charge is 0.0589 e. The average Bonchev–Trinajstić information content (AvgIpc) is 2.26. The highest BCUT2D eigenvalue weighted by atomic mass is 16.5. The third kappa shape index (κ3) is 5.83. The Hall–Kier alpha value is -0.120. The van der Waals surface area contributed by atoms with Crippen molar-refractivity contribution in [3.05, 3.63) is 0 Å². The van der Waals surface area contributed by atoms with E-state index < -0.39 is 0 Å². The molecule has 0 aromatic rings. The van der Waals surface area contributed by atoms with Crippen molar-refractivity contribution in [2.24, 2.45) is 11.8 Å². The highest BCUT2D eigenvalue weighted by Gasteiger charge is 2.17. The molecule has 96 valence electrons. The van der Waals surface area contributed by atoms with Crippen LogP contribution in [0, 0.1) is 11.8 Å². The van der Waals surface area contributed by atoms with E-state index >= 15 is 0 Å². The molecule has 16 heavy (non-hydrogen) atoms. The fraction of sp³-hybridized carbons (Fsp3) is 1.00. The first-order valence-corrected chi connectivity index (χ1v) is 6.64. The van der Waals surface area contributed by atoms with E-state index in [1.165, 1.54) is 39.0 Å². The topological polar surface area (TPSA) is 24.5 Å². The Morgan fingerprint density at radius 3 is 2.81 bits per heavy atom. The van der Waals surface area contributed by atoms with Crippen molar-refractivity contribution in [2.45, 2.75) is 26.7 Å². The van der Waals surface area contributed by atoms with Crippen molar-refractivity contribution >= 4 is 0 Å².